The maximum absolute atomic E-state index is 13.3. The molecule has 1 aromatic heterocycles. The van der Waals surface area contributed by atoms with Gasteiger partial charge in [-0.25, -0.2) is 12.8 Å². The van der Waals surface area contributed by atoms with Gasteiger partial charge in [0, 0.05) is 12.4 Å². The van der Waals surface area contributed by atoms with E-state index in [0.29, 0.717) is 0 Å². The van der Waals surface area contributed by atoms with Crippen molar-refractivity contribution >= 4 is 44.6 Å². The van der Waals surface area contributed by atoms with Crippen LogP contribution in [0, 0.1) is 5.82 Å². The van der Waals surface area contributed by atoms with Gasteiger partial charge in [0.15, 0.2) is 5.82 Å². The first kappa shape index (κ1) is 15.8. The number of aromatic nitrogens is 1. The highest BCUT2D eigenvalue weighted by molar-refractivity contribution is 7.92. The standard InChI is InChI=1S/C11H9Cl2FN4O2S/c12-7-3-6(4-8(13)11(7)14)18-21(19,20)10-5-16-2-1-9(10)17-15/h1-5,18H,15H2,(H,16,17). The Labute approximate surface area is 130 Å². The van der Waals surface area contributed by atoms with Crippen LogP contribution in [0.1, 0.15) is 0 Å². The Hall–Kier alpha value is -1.61. The summed E-state index contributed by atoms with van der Waals surface area (Å²) in [5.74, 6) is 4.42. The highest BCUT2D eigenvalue weighted by atomic mass is 35.5. The summed E-state index contributed by atoms with van der Waals surface area (Å²) in [6.45, 7) is 0. The second kappa shape index (κ2) is 6.02. The molecule has 10 heteroatoms. The molecule has 0 saturated carbocycles. The molecule has 21 heavy (non-hydrogen) atoms. The number of anilines is 2. The van der Waals surface area contributed by atoms with Gasteiger partial charge >= 0.3 is 0 Å². The quantitative estimate of drug-likeness (QED) is 0.447. The summed E-state index contributed by atoms with van der Waals surface area (Å²) < 4.78 is 40.1. The normalized spacial score (nSPS) is 11.2. The first-order valence-electron chi connectivity index (χ1n) is 5.43. The Bertz CT molecular complexity index is 763. The molecule has 112 valence electrons. The molecule has 1 heterocycles. The lowest BCUT2D eigenvalue weighted by atomic mass is 10.3. The van der Waals surface area contributed by atoms with Crippen molar-refractivity contribution in [1.82, 2.24) is 4.98 Å². The largest absolute Gasteiger partial charge is 0.323 e. The molecular formula is C11H9Cl2FN4O2S. The molecule has 0 atom stereocenters. The summed E-state index contributed by atoms with van der Waals surface area (Å²) in [5, 5.41) is -0.605. The van der Waals surface area contributed by atoms with Crippen molar-refractivity contribution in [3.8, 4) is 0 Å². The summed E-state index contributed by atoms with van der Waals surface area (Å²) in [6, 6.07) is 3.59. The molecule has 6 nitrogen and oxygen atoms in total. The van der Waals surface area contributed by atoms with Gasteiger partial charge in [0.05, 0.1) is 21.4 Å². The van der Waals surface area contributed by atoms with E-state index in [1.165, 1.54) is 12.3 Å². The van der Waals surface area contributed by atoms with Crippen molar-refractivity contribution < 1.29 is 12.8 Å². The van der Waals surface area contributed by atoms with Crippen molar-refractivity contribution in [1.29, 1.82) is 0 Å². The molecule has 4 N–H and O–H groups in total. The van der Waals surface area contributed by atoms with E-state index in [-0.39, 0.29) is 26.3 Å². The number of rotatable bonds is 4. The van der Waals surface area contributed by atoms with Crippen LogP contribution in [0.2, 0.25) is 10.0 Å². The van der Waals surface area contributed by atoms with Crippen molar-refractivity contribution in [3.05, 3.63) is 46.5 Å². The highest BCUT2D eigenvalue weighted by Gasteiger charge is 2.20. The molecular weight excluding hydrogens is 342 g/mol. The molecule has 0 saturated heterocycles. The predicted molar refractivity (Wildman–Crippen MR) is 79.3 cm³/mol. The molecule has 0 spiro atoms. The minimum Gasteiger partial charge on any atom is -0.323 e. The van der Waals surface area contributed by atoms with Crippen LogP contribution in [-0.2, 0) is 10.0 Å². The number of benzene rings is 1. The van der Waals surface area contributed by atoms with Crippen LogP contribution in [0.15, 0.2) is 35.5 Å². The molecule has 0 radical (unpaired) electrons. The lowest BCUT2D eigenvalue weighted by Gasteiger charge is -2.12. The molecule has 2 rings (SSSR count). The van der Waals surface area contributed by atoms with Crippen molar-refractivity contribution in [3.63, 3.8) is 0 Å². The second-order valence-corrected chi connectivity index (χ2v) is 6.34. The molecule has 0 unspecified atom stereocenters. The van der Waals surface area contributed by atoms with Gasteiger partial charge in [-0.3, -0.25) is 15.5 Å². The van der Waals surface area contributed by atoms with Crippen molar-refractivity contribution in [2.75, 3.05) is 10.1 Å². The molecule has 0 bridgehead atoms. The molecule has 0 aliphatic heterocycles. The van der Waals surface area contributed by atoms with Crippen LogP contribution < -0.4 is 16.0 Å². The summed E-state index contributed by atoms with van der Waals surface area (Å²) in [5.41, 5.74) is 2.41. The second-order valence-electron chi connectivity index (χ2n) is 3.88. The van der Waals surface area contributed by atoms with E-state index in [0.717, 1.165) is 18.3 Å². The van der Waals surface area contributed by atoms with Gasteiger partial charge in [0.25, 0.3) is 10.0 Å². The lowest BCUT2D eigenvalue weighted by molar-refractivity contribution is 0.601. The van der Waals surface area contributed by atoms with Crippen LogP contribution in [0.25, 0.3) is 0 Å². The van der Waals surface area contributed by atoms with Gasteiger partial charge in [-0.2, -0.15) is 0 Å². The van der Waals surface area contributed by atoms with E-state index >= 15 is 0 Å². The summed E-state index contributed by atoms with van der Waals surface area (Å²) in [4.78, 5) is 3.55. The van der Waals surface area contributed by atoms with Gasteiger partial charge in [-0.1, -0.05) is 23.2 Å². The van der Waals surface area contributed by atoms with Gasteiger partial charge in [0.1, 0.15) is 4.90 Å². The number of hydrazine groups is 1. The fourth-order valence-electron chi connectivity index (χ4n) is 1.54. The van der Waals surface area contributed by atoms with E-state index in [4.69, 9.17) is 29.0 Å². The number of nitrogens with one attached hydrogen (secondary N) is 2. The number of hydrogen-bond donors (Lipinski definition) is 3. The monoisotopic (exact) mass is 350 g/mol. The number of nitrogens with zero attached hydrogens (tertiary/aromatic N) is 1. The maximum Gasteiger partial charge on any atom is 0.265 e. The van der Waals surface area contributed by atoms with E-state index in [9.17, 15) is 12.8 Å². The fourth-order valence-corrected chi connectivity index (χ4v) is 3.18. The molecule has 2 aromatic rings. The van der Waals surface area contributed by atoms with Crippen LogP contribution >= 0.6 is 23.2 Å². The SMILES string of the molecule is NNc1ccncc1S(=O)(=O)Nc1cc(Cl)c(F)c(Cl)c1. The maximum atomic E-state index is 13.3. The minimum absolute atomic E-state index is 0.0122. The Balaban J connectivity index is 2.42. The molecule has 1 aromatic carbocycles. The number of pyridine rings is 1. The Morgan fingerprint density at radius 2 is 1.86 bits per heavy atom. The molecule has 0 amide bonds. The van der Waals surface area contributed by atoms with Gasteiger partial charge < -0.3 is 5.43 Å². The fraction of sp³-hybridized carbons (Fsp3) is 0. The average molecular weight is 351 g/mol. The number of nitrogens with two attached hydrogens (primary N) is 1. The number of hydrogen-bond acceptors (Lipinski definition) is 5. The molecule has 0 aliphatic rings. The first-order chi connectivity index (χ1) is 9.85. The Kier molecular flexibility index (Phi) is 4.52. The van der Waals surface area contributed by atoms with E-state index in [1.54, 1.807) is 0 Å². The third-order valence-electron chi connectivity index (χ3n) is 2.47. The first-order valence-corrected chi connectivity index (χ1v) is 7.67. The smallest absolute Gasteiger partial charge is 0.265 e. The topological polar surface area (TPSA) is 97.1 Å². The zero-order valence-corrected chi connectivity index (χ0v) is 12.6. The highest BCUT2D eigenvalue weighted by Crippen LogP contribution is 2.29. The van der Waals surface area contributed by atoms with Crippen LogP contribution in [-0.4, -0.2) is 13.4 Å². The average Bonchev–Trinajstić information content (AvgIpc) is 2.44. The minimum atomic E-state index is -4.00. The molecule has 0 fully saturated rings. The third-order valence-corrected chi connectivity index (χ3v) is 4.42. The van der Waals surface area contributed by atoms with Crippen molar-refractivity contribution in [2.24, 2.45) is 5.84 Å². The van der Waals surface area contributed by atoms with Gasteiger partial charge in [-0.15, -0.1) is 0 Å². The number of halogens is 3. The van der Waals surface area contributed by atoms with Gasteiger partial charge in [-0.05, 0) is 18.2 Å². The zero-order chi connectivity index (χ0) is 15.6. The lowest BCUT2D eigenvalue weighted by Crippen LogP contribution is -2.18. The summed E-state index contributed by atoms with van der Waals surface area (Å²) >= 11 is 11.2. The van der Waals surface area contributed by atoms with E-state index in [2.05, 4.69) is 15.1 Å². The molecule has 0 aliphatic carbocycles. The van der Waals surface area contributed by atoms with Crippen molar-refractivity contribution in [2.45, 2.75) is 4.90 Å². The number of nitrogen functional groups attached to an aromatic ring is 1. The third kappa shape index (κ3) is 3.35. The zero-order valence-electron chi connectivity index (χ0n) is 10.3. The summed E-state index contributed by atoms with van der Waals surface area (Å²) in [7, 11) is -4.00. The Morgan fingerprint density at radius 3 is 2.43 bits per heavy atom. The Morgan fingerprint density at radius 1 is 1.24 bits per heavy atom. The van der Waals surface area contributed by atoms with Gasteiger partial charge in [0.2, 0.25) is 0 Å². The van der Waals surface area contributed by atoms with Crippen LogP contribution in [0.3, 0.4) is 0 Å². The van der Waals surface area contributed by atoms with Crippen LogP contribution in [0.5, 0.6) is 0 Å². The van der Waals surface area contributed by atoms with E-state index < -0.39 is 15.8 Å². The predicted octanol–water partition coefficient (Wildman–Crippen LogP) is 2.61. The van der Waals surface area contributed by atoms with E-state index in [1.807, 2.05) is 0 Å². The number of sulfonamides is 1. The summed E-state index contributed by atoms with van der Waals surface area (Å²) in [6.07, 6.45) is 2.49. The van der Waals surface area contributed by atoms with Crippen LogP contribution in [0.4, 0.5) is 15.8 Å².